The van der Waals surface area contributed by atoms with Crippen molar-refractivity contribution in [1.82, 2.24) is 0 Å². The molecule has 2 nitrogen and oxygen atoms in total. The van der Waals surface area contributed by atoms with Gasteiger partial charge in [-0.05, 0) is 0 Å². The van der Waals surface area contributed by atoms with Crippen molar-refractivity contribution in [3.8, 4) is 11.5 Å². The van der Waals surface area contributed by atoms with Gasteiger partial charge in [0.25, 0.3) is 0 Å². The van der Waals surface area contributed by atoms with Crippen LogP contribution in [0.2, 0.25) is 0 Å². The molecule has 0 aliphatic heterocycles. The number of phenols is 2. The van der Waals surface area contributed by atoms with Crippen LogP contribution < -0.4 is 8.92 Å². The van der Waals surface area contributed by atoms with Crippen LogP contribution in [0.4, 0.5) is 0 Å². The first-order chi connectivity index (χ1) is 16.0. The van der Waals surface area contributed by atoms with Gasteiger partial charge in [0.15, 0.2) is 0 Å². The third kappa shape index (κ3) is 6.11. The Morgan fingerprint density at radius 1 is 0.514 bits per heavy atom. The van der Waals surface area contributed by atoms with Crippen LogP contribution in [0.1, 0.15) is 131 Å². The van der Waals surface area contributed by atoms with Crippen molar-refractivity contribution in [3.05, 3.63) is 46.5 Å². The Morgan fingerprint density at radius 2 is 0.800 bits per heavy atom. The van der Waals surface area contributed by atoms with E-state index in [1.54, 1.807) is 0 Å². The molecule has 0 amide bonds. The van der Waals surface area contributed by atoms with Crippen molar-refractivity contribution in [2.24, 2.45) is 0 Å². The normalized spacial score (nSPS) is 13.4. The number of benzene rings is 2. The maximum atomic E-state index is 11.6. The van der Waals surface area contributed by atoms with E-state index in [1.165, 1.54) is 11.1 Å². The fourth-order valence-corrected chi connectivity index (χ4v) is 6.24. The Kier molecular flexibility index (Phi) is 8.94. The summed E-state index contributed by atoms with van der Waals surface area (Å²) >= 11 is -0.231. The second-order valence-corrected chi connectivity index (χ2v) is 15.1. The Morgan fingerprint density at radius 3 is 1.06 bits per heavy atom. The van der Waals surface area contributed by atoms with E-state index in [0.717, 1.165) is 45.7 Å². The zero-order valence-corrected chi connectivity index (χ0v) is 26.2. The molecular formula is C32H50O2Se. The molecule has 3 heteroatoms. The van der Waals surface area contributed by atoms with E-state index in [4.69, 9.17) is 0 Å². The summed E-state index contributed by atoms with van der Waals surface area (Å²) in [6.45, 7) is 26.8. The standard InChI is InChI=1S/C32H50O2Se/c1-13-29(5,6)21-17-23(31(9,10)15-3)27(33)25(19-21)35-26-20-22(30(7,8)14-2)18-24(28(26)34)32(11,12)16-4/h17-20,33-34H,13-16H2,1-12H3. The minimum absolute atomic E-state index is 0.0144. The molecule has 2 aromatic rings. The van der Waals surface area contributed by atoms with Crippen LogP contribution in [0.15, 0.2) is 24.3 Å². The molecule has 0 atom stereocenters. The van der Waals surface area contributed by atoms with Gasteiger partial charge in [0, 0.05) is 0 Å². The van der Waals surface area contributed by atoms with Gasteiger partial charge in [0.2, 0.25) is 0 Å². The summed E-state index contributed by atoms with van der Waals surface area (Å²) in [5.74, 6) is 0.812. The van der Waals surface area contributed by atoms with Crippen LogP contribution in [-0.2, 0) is 21.7 Å². The molecule has 0 aromatic heterocycles. The molecule has 0 aliphatic rings. The van der Waals surface area contributed by atoms with Gasteiger partial charge in [0.05, 0.1) is 0 Å². The van der Waals surface area contributed by atoms with Crippen molar-refractivity contribution < 1.29 is 10.2 Å². The van der Waals surface area contributed by atoms with E-state index >= 15 is 0 Å². The van der Waals surface area contributed by atoms with Gasteiger partial charge in [-0.15, -0.1) is 0 Å². The Hall–Kier alpha value is -1.44. The van der Waals surface area contributed by atoms with Crippen LogP contribution in [0.25, 0.3) is 0 Å². The molecule has 0 radical (unpaired) electrons. The van der Waals surface area contributed by atoms with Gasteiger partial charge >= 0.3 is 223 Å². The average molecular weight is 546 g/mol. The van der Waals surface area contributed by atoms with E-state index in [1.807, 2.05) is 0 Å². The molecule has 2 aromatic carbocycles. The molecule has 0 unspecified atom stereocenters. The second kappa shape index (κ2) is 10.5. The van der Waals surface area contributed by atoms with Gasteiger partial charge in [-0.25, -0.2) is 0 Å². The predicted molar refractivity (Wildman–Crippen MR) is 155 cm³/mol. The Balaban J connectivity index is 2.85. The van der Waals surface area contributed by atoms with Crippen molar-refractivity contribution in [1.29, 1.82) is 0 Å². The van der Waals surface area contributed by atoms with E-state index in [2.05, 4.69) is 107 Å². The van der Waals surface area contributed by atoms with Crippen molar-refractivity contribution in [2.75, 3.05) is 0 Å². The Bertz CT molecular complexity index is 961. The average Bonchev–Trinajstić information content (AvgIpc) is 2.80. The van der Waals surface area contributed by atoms with Crippen molar-refractivity contribution in [2.45, 2.75) is 130 Å². The second-order valence-electron chi connectivity index (χ2n) is 12.8. The quantitative estimate of drug-likeness (QED) is 0.304. The molecule has 2 rings (SSSR count). The summed E-state index contributed by atoms with van der Waals surface area (Å²) in [6, 6.07) is 8.86. The molecular weight excluding hydrogens is 495 g/mol. The Labute approximate surface area is 222 Å². The SMILES string of the molecule is CCC(C)(C)c1cc([Se]c2cc(C(C)(C)CC)cc(C(C)(C)CC)c2O)c(O)c(C(C)(C)CC)c1. The van der Waals surface area contributed by atoms with Gasteiger partial charge < -0.3 is 0 Å². The molecule has 0 bridgehead atoms. The molecule has 2 N–H and O–H groups in total. The fraction of sp³-hybridized carbons (Fsp3) is 0.625. The van der Waals surface area contributed by atoms with Crippen LogP contribution >= 0.6 is 0 Å². The van der Waals surface area contributed by atoms with Crippen LogP contribution in [0.5, 0.6) is 11.5 Å². The molecule has 0 saturated heterocycles. The number of aromatic hydroxyl groups is 2. The first-order valence-corrected chi connectivity index (χ1v) is 15.1. The minimum atomic E-state index is -0.231. The van der Waals surface area contributed by atoms with Gasteiger partial charge in [0.1, 0.15) is 0 Å². The molecule has 0 saturated carbocycles. The van der Waals surface area contributed by atoms with Gasteiger partial charge in [-0.3, -0.25) is 0 Å². The van der Waals surface area contributed by atoms with Crippen molar-refractivity contribution >= 4 is 23.9 Å². The summed E-state index contributed by atoms with van der Waals surface area (Å²) in [5, 5.41) is 23.1. The summed E-state index contributed by atoms with van der Waals surface area (Å²) in [6.07, 6.45) is 3.94. The van der Waals surface area contributed by atoms with E-state index in [0.29, 0.717) is 11.5 Å². The van der Waals surface area contributed by atoms with Crippen LogP contribution in [0.3, 0.4) is 0 Å². The zero-order valence-electron chi connectivity index (χ0n) is 24.4. The predicted octanol–water partition coefficient (Wildman–Crippen LogP) is 7.50. The van der Waals surface area contributed by atoms with E-state index < -0.39 is 0 Å². The van der Waals surface area contributed by atoms with Crippen LogP contribution in [-0.4, -0.2) is 25.2 Å². The van der Waals surface area contributed by atoms with Crippen LogP contribution in [0, 0.1) is 0 Å². The first kappa shape index (κ1) is 29.8. The van der Waals surface area contributed by atoms with Gasteiger partial charge in [-0.1, -0.05) is 0 Å². The maximum absolute atomic E-state index is 11.6. The number of phenolic OH excluding ortho intramolecular Hbond substituents is 2. The molecule has 35 heavy (non-hydrogen) atoms. The topological polar surface area (TPSA) is 40.5 Å². The number of hydrogen-bond acceptors (Lipinski definition) is 2. The number of hydrogen-bond donors (Lipinski definition) is 2. The first-order valence-electron chi connectivity index (χ1n) is 13.4. The third-order valence-corrected chi connectivity index (χ3v) is 11.2. The molecule has 0 aliphatic carbocycles. The monoisotopic (exact) mass is 546 g/mol. The van der Waals surface area contributed by atoms with Crippen molar-refractivity contribution in [3.63, 3.8) is 0 Å². The summed E-state index contributed by atoms with van der Waals surface area (Å²) in [7, 11) is 0. The van der Waals surface area contributed by atoms with Gasteiger partial charge in [-0.2, -0.15) is 0 Å². The number of rotatable bonds is 10. The summed E-state index contributed by atoms with van der Waals surface area (Å²) < 4.78 is 1.94. The fourth-order valence-electron chi connectivity index (χ4n) is 4.09. The third-order valence-electron chi connectivity index (χ3n) is 8.93. The summed E-state index contributed by atoms with van der Waals surface area (Å²) in [5.41, 5.74) is 4.36. The zero-order chi connectivity index (χ0) is 27.0. The molecule has 0 fully saturated rings. The van der Waals surface area contributed by atoms with E-state index in [-0.39, 0.29) is 36.6 Å². The van der Waals surface area contributed by atoms with E-state index in [9.17, 15) is 10.2 Å². The molecule has 0 spiro atoms. The molecule has 196 valence electrons. The summed E-state index contributed by atoms with van der Waals surface area (Å²) in [4.78, 5) is 0. The molecule has 0 heterocycles.